The van der Waals surface area contributed by atoms with Crippen LogP contribution in [0.25, 0.3) is 11.0 Å². The number of nitrogens with zero attached hydrogens (tertiary/aromatic N) is 2. The molecular formula is C15H16BrN3S. The Labute approximate surface area is 130 Å². The van der Waals surface area contributed by atoms with Gasteiger partial charge in [-0.3, -0.25) is 0 Å². The van der Waals surface area contributed by atoms with Gasteiger partial charge in [-0.1, -0.05) is 19.1 Å². The maximum atomic E-state index is 6.38. The predicted octanol–water partition coefficient (Wildman–Crippen LogP) is 4.19. The summed E-state index contributed by atoms with van der Waals surface area (Å²) in [5, 5.41) is 2.10. The van der Waals surface area contributed by atoms with Crippen molar-refractivity contribution in [1.82, 2.24) is 9.55 Å². The molecule has 2 heterocycles. The maximum Gasteiger partial charge on any atom is 0.0964 e. The highest BCUT2D eigenvalue weighted by molar-refractivity contribution is 9.10. The Kier molecular flexibility index (Phi) is 3.92. The van der Waals surface area contributed by atoms with E-state index in [0.717, 1.165) is 21.9 Å². The Morgan fingerprint density at radius 1 is 1.40 bits per heavy atom. The first kappa shape index (κ1) is 13.8. The number of halogens is 1. The summed E-state index contributed by atoms with van der Waals surface area (Å²) in [5.74, 6) is 0. The third-order valence-corrected chi connectivity index (χ3v) is 5.30. The van der Waals surface area contributed by atoms with Crippen LogP contribution in [0.3, 0.4) is 0 Å². The average molecular weight is 350 g/mol. The molecule has 2 atom stereocenters. The van der Waals surface area contributed by atoms with E-state index < -0.39 is 0 Å². The summed E-state index contributed by atoms with van der Waals surface area (Å²) in [6.45, 7) is 2.12. The van der Waals surface area contributed by atoms with Crippen molar-refractivity contribution in [1.29, 1.82) is 0 Å². The molecule has 20 heavy (non-hydrogen) atoms. The summed E-state index contributed by atoms with van der Waals surface area (Å²) in [5.41, 5.74) is 8.52. The number of nitrogens with two attached hydrogens (primary N) is 1. The molecule has 5 heteroatoms. The Bertz CT molecular complexity index is 719. The summed E-state index contributed by atoms with van der Waals surface area (Å²) in [6, 6.07) is 10.5. The maximum absolute atomic E-state index is 6.38. The second kappa shape index (κ2) is 5.68. The van der Waals surface area contributed by atoms with Crippen molar-refractivity contribution in [2.45, 2.75) is 25.4 Å². The third-order valence-electron chi connectivity index (χ3n) is 3.54. The Hall–Kier alpha value is -1.17. The van der Waals surface area contributed by atoms with Gasteiger partial charge in [-0.15, -0.1) is 11.3 Å². The second-order valence-corrected chi connectivity index (χ2v) is 6.68. The fourth-order valence-corrected chi connectivity index (χ4v) is 4.08. The van der Waals surface area contributed by atoms with E-state index in [0.29, 0.717) is 0 Å². The highest BCUT2D eigenvalue weighted by Crippen LogP contribution is 2.32. The third kappa shape index (κ3) is 2.41. The van der Waals surface area contributed by atoms with Crippen LogP contribution in [0.2, 0.25) is 0 Å². The van der Waals surface area contributed by atoms with Crippen LogP contribution in [0.1, 0.15) is 24.3 Å². The molecule has 0 amide bonds. The minimum Gasteiger partial charge on any atom is -0.326 e. The van der Waals surface area contributed by atoms with Crippen molar-refractivity contribution in [2.24, 2.45) is 5.73 Å². The van der Waals surface area contributed by atoms with Crippen molar-refractivity contribution in [3.8, 4) is 0 Å². The number of hydrogen-bond donors (Lipinski definition) is 1. The SMILES string of the molecule is CCC(N)C(c1cc(Br)cs1)n1cnc2ccccc21. The second-order valence-electron chi connectivity index (χ2n) is 4.82. The zero-order valence-corrected chi connectivity index (χ0v) is 13.6. The number of para-hydroxylation sites is 2. The smallest absolute Gasteiger partial charge is 0.0964 e. The molecule has 0 radical (unpaired) electrons. The lowest BCUT2D eigenvalue weighted by Crippen LogP contribution is -2.31. The molecule has 1 aromatic carbocycles. The predicted molar refractivity (Wildman–Crippen MR) is 88.2 cm³/mol. The van der Waals surface area contributed by atoms with Crippen LogP contribution < -0.4 is 5.73 Å². The minimum atomic E-state index is 0.0677. The summed E-state index contributed by atoms with van der Waals surface area (Å²) < 4.78 is 3.30. The van der Waals surface area contributed by atoms with Gasteiger partial charge in [0.05, 0.1) is 23.4 Å². The molecule has 0 aliphatic heterocycles. The largest absolute Gasteiger partial charge is 0.326 e. The van der Waals surface area contributed by atoms with E-state index in [1.807, 2.05) is 24.5 Å². The standard InChI is InChI=1S/C15H16BrN3S/c1-2-11(17)15(14-7-10(16)8-20-14)19-9-18-12-5-3-4-6-13(12)19/h3-9,11,15H,2,17H2,1H3. The number of thiophene rings is 1. The number of imidazole rings is 1. The van der Waals surface area contributed by atoms with Gasteiger partial charge in [0.15, 0.2) is 0 Å². The van der Waals surface area contributed by atoms with Gasteiger partial charge in [0.25, 0.3) is 0 Å². The van der Waals surface area contributed by atoms with E-state index in [1.54, 1.807) is 11.3 Å². The van der Waals surface area contributed by atoms with Gasteiger partial charge in [0.2, 0.25) is 0 Å². The summed E-state index contributed by atoms with van der Waals surface area (Å²) in [7, 11) is 0. The van der Waals surface area contributed by atoms with E-state index >= 15 is 0 Å². The summed E-state index contributed by atoms with van der Waals surface area (Å²) in [4.78, 5) is 5.75. The molecule has 0 spiro atoms. The first-order chi connectivity index (χ1) is 9.70. The Morgan fingerprint density at radius 3 is 2.90 bits per heavy atom. The molecule has 3 nitrogen and oxygen atoms in total. The molecule has 104 valence electrons. The van der Waals surface area contributed by atoms with Gasteiger partial charge in [0.1, 0.15) is 0 Å². The number of fused-ring (bicyclic) bond motifs is 1. The van der Waals surface area contributed by atoms with Crippen molar-refractivity contribution in [3.63, 3.8) is 0 Å². The van der Waals surface area contributed by atoms with Gasteiger partial charge in [-0.2, -0.15) is 0 Å². The monoisotopic (exact) mass is 349 g/mol. The van der Waals surface area contributed by atoms with Crippen LogP contribution in [0.5, 0.6) is 0 Å². The molecule has 2 aromatic heterocycles. The number of rotatable bonds is 4. The van der Waals surface area contributed by atoms with Gasteiger partial charge < -0.3 is 10.3 Å². The van der Waals surface area contributed by atoms with E-state index in [2.05, 4.69) is 49.9 Å². The molecule has 0 aliphatic rings. The van der Waals surface area contributed by atoms with Crippen LogP contribution in [0.15, 0.2) is 46.5 Å². The minimum absolute atomic E-state index is 0.0677. The van der Waals surface area contributed by atoms with Crippen LogP contribution in [0, 0.1) is 0 Å². The topological polar surface area (TPSA) is 43.8 Å². The molecule has 0 aliphatic carbocycles. The van der Waals surface area contributed by atoms with E-state index in [9.17, 15) is 0 Å². The van der Waals surface area contributed by atoms with Gasteiger partial charge >= 0.3 is 0 Å². The first-order valence-corrected chi connectivity index (χ1v) is 8.29. The zero-order chi connectivity index (χ0) is 14.1. The summed E-state index contributed by atoms with van der Waals surface area (Å²) in [6.07, 6.45) is 2.82. The molecule has 2 unspecified atom stereocenters. The lowest BCUT2D eigenvalue weighted by atomic mass is 10.0. The number of hydrogen-bond acceptors (Lipinski definition) is 3. The van der Waals surface area contributed by atoms with Crippen molar-refractivity contribution in [2.75, 3.05) is 0 Å². The van der Waals surface area contributed by atoms with E-state index in [4.69, 9.17) is 5.73 Å². The number of aromatic nitrogens is 2. The van der Waals surface area contributed by atoms with Crippen molar-refractivity contribution < 1.29 is 0 Å². The molecule has 0 saturated heterocycles. The molecule has 2 N–H and O–H groups in total. The average Bonchev–Trinajstić information content (AvgIpc) is 3.07. The van der Waals surface area contributed by atoms with Gasteiger partial charge in [-0.05, 0) is 40.5 Å². The van der Waals surface area contributed by atoms with E-state index in [1.165, 1.54) is 4.88 Å². The molecule has 0 saturated carbocycles. The van der Waals surface area contributed by atoms with E-state index in [-0.39, 0.29) is 12.1 Å². The molecule has 3 rings (SSSR count). The Balaban J connectivity index is 2.14. The van der Waals surface area contributed by atoms with Crippen molar-refractivity contribution >= 4 is 38.3 Å². The Morgan fingerprint density at radius 2 is 2.20 bits per heavy atom. The normalized spacial score (nSPS) is 14.6. The van der Waals surface area contributed by atoms with Crippen LogP contribution in [0.4, 0.5) is 0 Å². The fraction of sp³-hybridized carbons (Fsp3) is 0.267. The van der Waals surface area contributed by atoms with Crippen LogP contribution >= 0.6 is 27.3 Å². The molecule has 3 aromatic rings. The zero-order valence-electron chi connectivity index (χ0n) is 11.2. The summed E-state index contributed by atoms with van der Waals surface area (Å²) >= 11 is 5.26. The quantitative estimate of drug-likeness (QED) is 0.767. The first-order valence-electron chi connectivity index (χ1n) is 6.61. The molecule has 0 fully saturated rings. The molecular weight excluding hydrogens is 334 g/mol. The lowest BCUT2D eigenvalue weighted by Gasteiger charge is -2.24. The van der Waals surface area contributed by atoms with Crippen LogP contribution in [-0.4, -0.2) is 15.6 Å². The highest BCUT2D eigenvalue weighted by Gasteiger charge is 2.23. The fourth-order valence-electron chi connectivity index (χ4n) is 2.46. The lowest BCUT2D eigenvalue weighted by molar-refractivity contribution is 0.474. The van der Waals surface area contributed by atoms with Crippen molar-refractivity contribution in [3.05, 3.63) is 51.4 Å². The van der Waals surface area contributed by atoms with Gasteiger partial charge in [0, 0.05) is 20.8 Å². The van der Waals surface area contributed by atoms with Gasteiger partial charge in [-0.25, -0.2) is 4.98 Å². The highest BCUT2D eigenvalue weighted by atomic mass is 79.9. The van der Waals surface area contributed by atoms with Crippen LogP contribution in [-0.2, 0) is 0 Å². The molecule has 0 bridgehead atoms. The number of benzene rings is 1.